The molecule has 1 aliphatic heterocycles. The van der Waals surface area contributed by atoms with Crippen molar-refractivity contribution in [1.82, 2.24) is 14.9 Å². The van der Waals surface area contributed by atoms with Crippen LogP contribution in [0.15, 0.2) is 53.3 Å². The maximum absolute atomic E-state index is 12.3. The molecule has 9 heteroatoms. The monoisotopic (exact) mass is 442 g/mol. The van der Waals surface area contributed by atoms with Gasteiger partial charge in [-0.2, -0.15) is 0 Å². The Kier molecular flexibility index (Phi) is 5.74. The molecule has 2 heterocycles. The maximum Gasteiger partial charge on any atom is 0.326 e. The molecule has 3 atom stereocenters. The lowest BCUT2D eigenvalue weighted by atomic mass is 9.99. The first-order valence-corrected chi connectivity index (χ1v) is 12.0. The van der Waals surface area contributed by atoms with E-state index < -0.39 is 16.1 Å². The normalized spacial score (nSPS) is 20.1. The largest absolute Gasteiger partial charge is 0.387 e. The highest BCUT2D eigenvalue weighted by Crippen LogP contribution is 2.30. The predicted molar refractivity (Wildman–Crippen MR) is 122 cm³/mol. The molecule has 0 saturated carbocycles. The van der Waals surface area contributed by atoms with Gasteiger partial charge in [0.25, 0.3) is 0 Å². The molecule has 0 saturated heterocycles. The molecule has 4 N–H and O–H groups in total. The van der Waals surface area contributed by atoms with E-state index in [9.17, 15) is 18.3 Å². The topological polar surface area (TPSA) is 116 Å². The Morgan fingerprint density at radius 3 is 2.77 bits per heavy atom. The fourth-order valence-electron chi connectivity index (χ4n) is 4.09. The summed E-state index contributed by atoms with van der Waals surface area (Å²) in [5.74, 6) is 0. The Morgan fingerprint density at radius 1 is 1.23 bits per heavy atom. The third-order valence-electron chi connectivity index (χ3n) is 5.48. The summed E-state index contributed by atoms with van der Waals surface area (Å²) in [5, 5.41) is 14.5. The number of nitrogens with one attached hydrogen (secondary N) is 3. The van der Waals surface area contributed by atoms with E-state index in [1.54, 1.807) is 16.7 Å². The van der Waals surface area contributed by atoms with E-state index in [0.29, 0.717) is 18.7 Å². The summed E-state index contributed by atoms with van der Waals surface area (Å²) in [6.07, 6.45) is 4.72. The number of aromatic amines is 1. The van der Waals surface area contributed by atoms with E-state index in [4.69, 9.17) is 0 Å². The van der Waals surface area contributed by atoms with Crippen molar-refractivity contribution in [3.8, 4) is 0 Å². The summed E-state index contributed by atoms with van der Waals surface area (Å²) >= 11 is 0. The summed E-state index contributed by atoms with van der Waals surface area (Å²) in [6, 6.07) is 12.3. The zero-order chi connectivity index (χ0) is 22.2. The second kappa shape index (κ2) is 8.33. The number of sulfonamides is 1. The Balaban J connectivity index is 1.52. The van der Waals surface area contributed by atoms with Gasteiger partial charge in [0, 0.05) is 24.2 Å². The molecular weight excluding hydrogens is 416 g/mol. The van der Waals surface area contributed by atoms with Gasteiger partial charge in [0.1, 0.15) is 0 Å². The van der Waals surface area contributed by atoms with Gasteiger partial charge in [-0.3, -0.25) is 9.29 Å². The predicted octanol–water partition coefficient (Wildman–Crippen LogP) is 2.20. The lowest BCUT2D eigenvalue weighted by Crippen LogP contribution is -2.40. The highest BCUT2D eigenvalue weighted by Gasteiger charge is 2.28. The average molecular weight is 443 g/mol. The fourth-order valence-corrected chi connectivity index (χ4v) is 4.68. The first kappa shape index (κ1) is 21.4. The average Bonchev–Trinajstić information content (AvgIpc) is 2.96. The van der Waals surface area contributed by atoms with Crippen LogP contribution in [0.25, 0.3) is 17.1 Å². The van der Waals surface area contributed by atoms with Crippen LogP contribution in [-0.4, -0.2) is 41.4 Å². The summed E-state index contributed by atoms with van der Waals surface area (Å²) in [6.45, 7) is 2.47. The molecular formula is C22H26N4O4S. The van der Waals surface area contributed by atoms with Crippen LogP contribution in [0.4, 0.5) is 5.69 Å². The zero-order valence-corrected chi connectivity index (χ0v) is 18.2. The number of aliphatic hydroxyl groups excluding tert-OH is 1. The van der Waals surface area contributed by atoms with Crippen molar-refractivity contribution < 1.29 is 13.5 Å². The van der Waals surface area contributed by atoms with E-state index in [2.05, 4.69) is 15.0 Å². The number of aromatic nitrogens is 2. The van der Waals surface area contributed by atoms with E-state index in [1.807, 2.05) is 49.4 Å². The third-order valence-corrected chi connectivity index (χ3v) is 6.08. The molecule has 1 aromatic heterocycles. The second-order valence-corrected chi connectivity index (χ2v) is 9.69. The number of nitrogens with zero attached hydrogens (tertiary/aromatic N) is 1. The third kappa shape index (κ3) is 4.58. The number of imidazole rings is 1. The molecule has 31 heavy (non-hydrogen) atoms. The molecule has 0 aliphatic carbocycles. The number of benzene rings is 2. The van der Waals surface area contributed by atoms with Gasteiger partial charge in [-0.05, 0) is 31.0 Å². The van der Waals surface area contributed by atoms with Crippen LogP contribution in [0.5, 0.6) is 0 Å². The SMILES string of the molecule is CC(C=Cc1ccccc1NS(C)(=O)=O)NC1CCn2c(=O)[nH]c3cccc(c32)C1O. The molecule has 8 nitrogen and oxygen atoms in total. The van der Waals surface area contributed by atoms with Gasteiger partial charge in [-0.25, -0.2) is 13.2 Å². The standard InChI is InChI=1S/C22H26N4O4S/c1-14(10-11-15-6-3-4-8-17(15)25-31(2,29)30)23-19-12-13-26-20-16(21(19)27)7-5-9-18(20)24-22(26)28/h3-11,14,19,21,23,25,27H,12-13H2,1-2H3,(H,24,28). The maximum atomic E-state index is 12.3. The van der Waals surface area contributed by atoms with Crippen molar-refractivity contribution in [2.24, 2.45) is 0 Å². The van der Waals surface area contributed by atoms with Crippen molar-refractivity contribution >= 4 is 32.8 Å². The Hall–Kier alpha value is -2.88. The van der Waals surface area contributed by atoms with E-state index in [1.165, 1.54) is 0 Å². The van der Waals surface area contributed by atoms with Crippen LogP contribution in [0.2, 0.25) is 0 Å². The number of hydrogen-bond acceptors (Lipinski definition) is 5. The number of rotatable bonds is 6. The minimum Gasteiger partial charge on any atom is -0.387 e. The van der Waals surface area contributed by atoms with Gasteiger partial charge in [0.15, 0.2) is 0 Å². The molecule has 0 amide bonds. The van der Waals surface area contributed by atoms with Crippen LogP contribution < -0.4 is 15.7 Å². The van der Waals surface area contributed by atoms with Crippen LogP contribution in [0, 0.1) is 0 Å². The van der Waals surface area contributed by atoms with Crippen LogP contribution in [0.3, 0.4) is 0 Å². The van der Waals surface area contributed by atoms with Crippen molar-refractivity contribution in [1.29, 1.82) is 0 Å². The molecule has 3 aromatic rings. The van der Waals surface area contributed by atoms with Crippen LogP contribution >= 0.6 is 0 Å². The summed E-state index contributed by atoms with van der Waals surface area (Å²) in [4.78, 5) is 15.1. The first-order valence-electron chi connectivity index (χ1n) is 10.1. The Bertz CT molecular complexity index is 1290. The lowest BCUT2D eigenvalue weighted by molar-refractivity contribution is 0.122. The van der Waals surface area contributed by atoms with Gasteiger partial charge >= 0.3 is 5.69 Å². The molecule has 1 aliphatic rings. The van der Waals surface area contributed by atoms with E-state index in [-0.39, 0.29) is 17.8 Å². The van der Waals surface area contributed by atoms with Crippen molar-refractivity contribution in [3.05, 3.63) is 70.2 Å². The van der Waals surface area contributed by atoms with Crippen LogP contribution in [0.1, 0.15) is 30.6 Å². The molecule has 0 spiro atoms. The number of anilines is 1. The minimum absolute atomic E-state index is 0.0964. The highest BCUT2D eigenvalue weighted by molar-refractivity contribution is 7.92. The van der Waals surface area contributed by atoms with Gasteiger partial charge in [0.2, 0.25) is 10.0 Å². The molecule has 164 valence electrons. The number of aliphatic hydroxyl groups is 1. The molecule has 0 radical (unpaired) electrons. The highest BCUT2D eigenvalue weighted by atomic mass is 32.2. The van der Waals surface area contributed by atoms with Crippen molar-refractivity contribution in [3.63, 3.8) is 0 Å². The van der Waals surface area contributed by atoms with Gasteiger partial charge in [0.05, 0.1) is 29.1 Å². The Labute approximate surface area is 180 Å². The van der Waals surface area contributed by atoms with Gasteiger partial charge in [-0.15, -0.1) is 0 Å². The summed E-state index contributed by atoms with van der Waals surface area (Å²) in [5.41, 5.74) is 3.30. The van der Waals surface area contributed by atoms with Crippen molar-refractivity contribution in [2.45, 2.75) is 38.1 Å². The lowest BCUT2D eigenvalue weighted by Gasteiger charge is -2.25. The van der Waals surface area contributed by atoms with Gasteiger partial charge < -0.3 is 15.4 Å². The number of aryl methyl sites for hydroxylation is 1. The summed E-state index contributed by atoms with van der Waals surface area (Å²) in [7, 11) is -3.38. The van der Waals surface area contributed by atoms with E-state index in [0.717, 1.165) is 28.4 Å². The molecule has 4 rings (SSSR count). The number of H-pyrrole nitrogens is 1. The Morgan fingerprint density at radius 2 is 2.00 bits per heavy atom. The quantitative estimate of drug-likeness (QED) is 0.467. The van der Waals surface area contributed by atoms with Crippen LogP contribution in [-0.2, 0) is 16.6 Å². The molecule has 0 fully saturated rings. The number of para-hydroxylation sites is 2. The zero-order valence-electron chi connectivity index (χ0n) is 17.4. The number of hydrogen-bond donors (Lipinski definition) is 4. The van der Waals surface area contributed by atoms with Crippen molar-refractivity contribution in [2.75, 3.05) is 11.0 Å². The fraction of sp³-hybridized carbons (Fsp3) is 0.318. The smallest absolute Gasteiger partial charge is 0.326 e. The van der Waals surface area contributed by atoms with E-state index >= 15 is 0 Å². The molecule has 2 aromatic carbocycles. The first-order chi connectivity index (χ1) is 14.7. The molecule has 0 bridgehead atoms. The summed E-state index contributed by atoms with van der Waals surface area (Å²) < 4.78 is 27.4. The molecule has 3 unspecified atom stereocenters. The minimum atomic E-state index is -3.38. The second-order valence-electron chi connectivity index (χ2n) is 7.94. The van der Waals surface area contributed by atoms with Gasteiger partial charge in [-0.1, -0.05) is 42.5 Å².